The third kappa shape index (κ3) is 10.6. The van der Waals surface area contributed by atoms with Crippen LogP contribution >= 0.6 is 21.6 Å². The van der Waals surface area contributed by atoms with Crippen LogP contribution in [-0.4, -0.2) is 86.2 Å². The number of benzene rings is 5. The lowest BCUT2D eigenvalue weighted by Crippen LogP contribution is -2.61. The Labute approximate surface area is 455 Å². The molecule has 1 aliphatic heterocycles. The van der Waals surface area contributed by atoms with E-state index in [2.05, 4.69) is 41.5 Å². The normalized spacial score (nSPS) is 25.5. The number of aromatic hydroxyl groups is 3. The molecule has 0 spiro atoms. The molecule has 13 heteroatoms. The van der Waals surface area contributed by atoms with Gasteiger partial charge in [-0.15, -0.1) is 0 Å². The Morgan fingerprint density at radius 2 is 1.62 bits per heavy atom. The number of Topliss-reactive ketones (excluding diaryl/α,β-unsaturated/α-hetero) is 1. The number of methoxy groups -OCH3 is 1. The highest BCUT2D eigenvalue weighted by atomic mass is 33.1. The number of ketones is 1. The van der Waals surface area contributed by atoms with Gasteiger partial charge in [0.15, 0.2) is 28.8 Å². The number of aryl methyl sites for hydroxylation is 1. The van der Waals surface area contributed by atoms with Crippen molar-refractivity contribution in [2.24, 2.45) is 17.8 Å². The van der Waals surface area contributed by atoms with Gasteiger partial charge < -0.3 is 50.4 Å². The molecule has 2 heterocycles. The highest BCUT2D eigenvalue weighted by Crippen LogP contribution is 2.53. The van der Waals surface area contributed by atoms with Crippen LogP contribution in [0, 0.1) is 17.8 Å². The average Bonchev–Trinajstić information content (AvgIpc) is 4.03. The summed E-state index contributed by atoms with van der Waals surface area (Å²) in [5.41, 5.74) is 5.68. The molecule has 0 amide bonds. The fourth-order valence-corrected chi connectivity index (χ4v) is 16.7. The molecule has 8 N–H and O–H groups in total. The Morgan fingerprint density at radius 1 is 0.842 bits per heavy atom. The standard InChI is InChI=1S/C63H76N2O9S2/c1-4-40-17-18-41-12-11-15-49-55(36-66)76-75-37-44-29-56(70)63(34-38-16-20-52(68)54(27-38)74-48-13-7-5-8-14-48,46-30-45(31-47(67)32-46)62(64-2)23-9-6-10-24-62)61(72)58(44)59(71)43(26-39-22-25-65-35-39)28-42-19-21-53(69)60(73-3)51(42)33-50(40)57(41)49/h11-12,15-22,25,27,30-32,35,43-44,48,55-56,58-59,64-71H,4-10,13-14,23-24,26,28-29,33-34,36-37H2,1-3H3/t43-,44+,55+,56-,58-,59+,63+/m1/s1. The number of hydrogen-bond donors (Lipinski definition) is 8. The zero-order valence-corrected chi connectivity index (χ0v) is 45.9. The van der Waals surface area contributed by atoms with Gasteiger partial charge in [-0.1, -0.05) is 103 Å². The molecule has 6 aromatic rings. The van der Waals surface area contributed by atoms with Gasteiger partial charge in [0, 0.05) is 41.6 Å². The zero-order chi connectivity index (χ0) is 53.1. The van der Waals surface area contributed by atoms with Crippen molar-refractivity contribution in [1.29, 1.82) is 0 Å². The molecule has 0 unspecified atom stereocenters. The number of aliphatic hydroxyl groups is 3. The second-order valence-electron chi connectivity index (χ2n) is 22.3. The summed E-state index contributed by atoms with van der Waals surface area (Å²) in [6.07, 6.45) is 13.1. The number of H-pyrrole nitrogens is 1. The molecule has 0 radical (unpaired) electrons. The molecule has 7 atom stereocenters. The SMILES string of the molecule is CCc1ccc2cccc3c2c1Cc1c(ccc(O)c1OC)C[C@@H](Cc1cc[nH]c1)[C@H](O)[C@@H]1C(=O)[C@@](Cc2ccc(O)c(OC4CCCCC4)c2)(c2cc(O)cc(C4(NC)CCCCC4)c2)[C@H](O)C[C@H]1CSS[C@H]3CO. The van der Waals surface area contributed by atoms with Gasteiger partial charge in [0.2, 0.25) is 0 Å². The van der Waals surface area contributed by atoms with Gasteiger partial charge >= 0.3 is 0 Å². The van der Waals surface area contributed by atoms with Crippen LogP contribution in [0.15, 0.2) is 97.3 Å². The number of fused-ring (bicyclic) bond motifs is 2. The van der Waals surface area contributed by atoms with Crippen molar-refractivity contribution in [2.75, 3.05) is 26.5 Å². The molecule has 404 valence electrons. The minimum Gasteiger partial charge on any atom is -0.508 e. The number of carbonyl (C=O) groups is 1. The molecule has 10 rings (SSSR count). The van der Waals surface area contributed by atoms with E-state index in [0.717, 1.165) is 120 Å². The number of phenolic OH excluding ortho intramolecular Hbond substituents is 3. The molecular weight excluding hydrogens is 993 g/mol. The smallest absolute Gasteiger partial charge is 0.164 e. The Balaban J connectivity index is 1.16. The minimum absolute atomic E-state index is 0.00202. The van der Waals surface area contributed by atoms with Gasteiger partial charge in [-0.3, -0.25) is 4.79 Å². The molecule has 11 nitrogen and oxygen atoms in total. The van der Waals surface area contributed by atoms with Crippen LogP contribution in [0.1, 0.15) is 133 Å². The van der Waals surface area contributed by atoms with E-state index in [0.29, 0.717) is 47.6 Å². The lowest BCUT2D eigenvalue weighted by Gasteiger charge is -2.50. The molecule has 5 aromatic carbocycles. The van der Waals surface area contributed by atoms with Gasteiger partial charge in [-0.25, -0.2) is 0 Å². The quantitative estimate of drug-likeness (QED) is 0.0544. The van der Waals surface area contributed by atoms with E-state index in [9.17, 15) is 30.6 Å². The molecule has 3 saturated carbocycles. The number of phenols is 3. The summed E-state index contributed by atoms with van der Waals surface area (Å²) in [5.74, 6) is -1.32. The predicted octanol–water partition coefficient (Wildman–Crippen LogP) is 11.5. The summed E-state index contributed by atoms with van der Waals surface area (Å²) in [4.78, 5) is 20.1. The van der Waals surface area contributed by atoms with E-state index >= 15 is 4.79 Å². The molecule has 3 aliphatic carbocycles. The predicted molar refractivity (Wildman–Crippen MR) is 304 cm³/mol. The molecular formula is C63H76N2O9S2. The van der Waals surface area contributed by atoms with Gasteiger partial charge in [0.1, 0.15) is 5.75 Å². The summed E-state index contributed by atoms with van der Waals surface area (Å²) in [6, 6.07) is 26.8. The van der Waals surface area contributed by atoms with Gasteiger partial charge in [-0.05, 0) is 181 Å². The lowest BCUT2D eigenvalue weighted by atomic mass is 9.55. The van der Waals surface area contributed by atoms with Gasteiger partial charge in [0.25, 0.3) is 0 Å². The monoisotopic (exact) mass is 1070 g/mol. The summed E-state index contributed by atoms with van der Waals surface area (Å²) < 4.78 is 12.6. The van der Waals surface area contributed by atoms with Crippen molar-refractivity contribution in [3.05, 3.63) is 147 Å². The van der Waals surface area contributed by atoms with E-state index in [-0.39, 0.29) is 53.8 Å². The number of ether oxygens (including phenoxy) is 2. The van der Waals surface area contributed by atoms with Crippen LogP contribution in [0.3, 0.4) is 0 Å². The van der Waals surface area contributed by atoms with E-state index in [1.54, 1.807) is 59.0 Å². The maximum absolute atomic E-state index is 16.9. The van der Waals surface area contributed by atoms with Crippen LogP contribution in [0.2, 0.25) is 0 Å². The Bertz CT molecular complexity index is 2990. The summed E-state index contributed by atoms with van der Waals surface area (Å²) >= 11 is 0. The number of aliphatic hydroxyl groups excluding tert-OH is 3. The highest BCUT2D eigenvalue weighted by molar-refractivity contribution is 8.76. The van der Waals surface area contributed by atoms with Crippen molar-refractivity contribution < 1.29 is 44.9 Å². The van der Waals surface area contributed by atoms with Crippen molar-refractivity contribution in [3.8, 4) is 28.7 Å². The van der Waals surface area contributed by atoms with Gasteiger partial charge in [-0.2, -0.15) is 0 Å². The fourth-order valence-electron chi connectivity index (χ4n) is 13.8. The number of rotatable bonds is 12. The summed E-state index contributed by atoms with van der Waals surface area (Å²) in [7, 11) is 6.62. The minimum atomic E-state index is -1.67. The van der Waals surface area contributed by atoms with Gasteiger partial charge in [0.05, 0.1) is 42.7 Å². The number of carbonyl (C=O) groups excluding carboxylic acids is 1. The van der Waals surface area contributed by atoms with E-state index in [1.165, 1.54) is 0 Å². The Hall–Kier alpha value is -5.15. The summed E-state index contributed by atoms with van der Waals surface area (Å²) in [5, 5.41) is 78.3. The second kappa shape index (κ2) is 23.4. The first-order valence-corrected chi connectivity index (χ1v) is 30.1. The van der Waals surface area contributed by atoms with Crippen molar-refractivity contribution in [3.63, 3.8) is 0 Å². The third-order valence-electron chi connectivity index (χ3n) is 17.9. The molecule has 0 saturated heterocycles. The van der Waals surface area contributed by atoms with Crippen LogP contribution in [-0.2, 0) is 47.9 Å². The molecule has 0 bridgehead atoms. The largest absolute Gasteiger partial charge is 0.508 e. The first kappa shape index (κ1) is 54.2. The van der Waals surface area contributed by atoms with E-state index in [4.69, 9.17) is 9.47 Å². The number of nitrogens with one attached hydrogen (secondary N) is 2. The maximum Gasteiger partial charge on any atom is 0.164 e. The zero-order valence-electron chi connectivity index (χ0n) is 44.2. The molecule has 1 aromatic heterocycles. The molecule has 4 aliphatic rings. The second-order valence-corrected chi connectivity index (χ2v) is 24.9. The topological polar surface area (TPSA) is 185 Å². The van der Waals surface area contributed by atoms with Crippen LogP contribution in [0.25, 0.3) is 10.8 Å². The van der Waals surface area contributed by atoms with E-state index < -0.39 is 40.9 Å². The Kier molecular flexibility index (Phi) is 16.7. The Morgan fingerprint density at radius 3 is 2.36 bits per heavy atom. The van der Waals surface area contributed by atoms with Crippen LogP contribution in [0.4, 0.5) is 0 Å². The number of hydrogen-bond acceptors (Lipinski definition) is 12. The lowest BCUT2D eigenvalue weighted by molar-refractivity contribution is -0.149. The number of aromatic nitrogens is 1. The fraction of sp³-hybridized carbons (Fsp3) is 0.476. The molecule has 3 fully saturated rings. The first-order valence-electron chi connectivity index (χ1n) is 27.7. The number of aromatic amines is 1. The van der Waals surface area contributed by atoms with Crippen molar-refractivity contribution in [1.82, 2.24) is 10.3 Å². The third-order valence-corrected chi connectivity index (χ3v) is 20.7. The van der Waals surface area contributed by atoms with Crippen molar-refractivity contribution >= 4 is 38.1 Å². The average molecular weight is 1070 g/mol. The van der Waals surface area contributed by atoms with Crippen LogP contribution < -0.4 is 14.8 Å². The van der Waals surface area contributed by atoms with E-state index in [1.807, 2.05) is 49.8 Å². The maximum atomic E-state index is 16.9. The molecule has 76 heavy (non-hydrogen) atoms. The highest BCUT2D eigenvalue weighted by Gasteiger charge is 2.58. The first-order chi connectivity index (χ1) is 36.9. The van der Waals surface area contributed by atoms with Crippen LogP contribution in [0.5, 0.6) is 28.7 Å². The summed E-state index contributed by atoms with van der Waals surface area (Å²) in [6.45, 7) is 1.99. The van der Waals surface area contributed by atoms with Crippen molar-refractivity contribution in [2.45, 2.75) is 144 Å².